The fraction of sp³-hybridized carbons (Fsp3) is 0.235. The molecule has 0 saturated carbocycles. The van der Waals surface area contributed by atoms with E-state index in [9.17, 15) is 9.59 Å². The summed E-state index contributed by atoms with van der Waals surface area (Å²) in [6, 6.07) is 9.33. The molecule has 0 unspecified atom stereocenters. The lowest BCUT2D eigenvalue weighted by molar-refractivity contribution is -0.113. The lowest BCUT2D eigenvalue weighted by Crippen LogP contribution is -2.16. The molecule has 2 aromatic heterocycles. The van der Waals surface area contributed by atoms with Crippen LogP contribution in [0.1, 0.15) is 18.2 Å². The summed E-state index contributed by atoms with van der Waals surface area (Å²) in [6.07, 6.45) is 2.59. The van der Waals surface area contributed by atoms with E-state index in [2.05, 4.69) is 17.2 Å². The van der Waals surface area contributed by atoms with Crippen LogP contribution in [0.5, 0.6) is 0 Å². The molecule has 0 aliphatic carbocycles. The SMILES string of the molecule is CCc1ccccc1NC(=O)CSCc1cc(=O)n2ccsc2n1. The topological polar surface area (TPSA) is 63.5 Å². The van der Waals surface area contributed by atoms with Crippen molar-refractivity contribution >= 4 is 39.7 Å². The van der Waals surface area contributed by atoms with E-state index in [0.29, 0.717) is 22.2 Å². The van der Waals surface area contributed by atoms with Gasteiger partial charge in [-0.15, -0.1) is 23.1 Å². The summed E-state index contributed by atoms with van der Waals surface area (Å²) in [6.45, 7) is 2.06. The Hall–Kier alpha value is -2.12. The highest BCUT2D eigenvalue weighted by atomic mass is 32.2. The van der Waals surface area contributed by atoms with Crippen LogP contribution in [0.3, 0.4) is 0 Å². The number of thioether (sulfide) groups is 1. The summed E-state index contributed by atoms with van der Waals surface area (Å²) in [5.74, 6) is 0.811. The molecule has 5 nitrogen and oxygen atoms in total. The van der Waals surface area contributed by atoms with Crippen LogP contribution >= 0.6 is 23.1 Å². The highest BCUT2D eigenvalue weighted by molar-refractivity contribution is 7.99. The molecule has 0 aliphatic rings. The van der Waals surface area contributed by atoms with Gasteiger partial charge < -0.3 is 5.32 Å². The van der Waals surface area contributed by atoms with Gasteiger partial charge >= 0.3 is 0 Å². The molecular formula is C17H17N3O2S2. The molecule has 0 saturated heterocycles. The zero-order valence-corrected chi connectivity index (χ0v) is 14.8. The average molecular weight is 359 g/mol. The minimum atomic E-state index is -0.0850. The van der Waals surface area contributed by atoms with Gasteiger partial charge in [-0.3, -0.25) is 14.0 Å². The number of carbonyl (C=O) groups excluding carboxylic acids is 1. The van der Waals surface area contributed by atoms with Crippen LogP contribution in [-0.4, -0.2) is 21.0 Å². The van der Waals surface area contributed by atoms with E-state index >= 15 is 0 Å². The number of aromatic nitrogens is 2. The van der Waals surface area contributed by atoms with E-state index in [-0.39, 0.29) is 11.5 Å². The Morgan fingerprint density at radius 1 is 1.38 bits per heavy atom. The number of fused-ring (bicyclic) bond motifs is 1. The Kier molecular flexibility index (Phi) is 5.32. The zero-order chi connectivity index (χ0) is 16.9. The van der Waals surface area contributed by atoms with E-state index in [1.54, 1.807) is 6.20 Å². The standard InChI is InChI=1S/C17H17N3O2S2/c1-2-12-5-3-4-6-14(12)19-15(21)11-23-10-13-9-16(22)20-7-8-24-17(20)18-13/h3-9H,2,10-11H2,1H3,(H,19,21). The second-order valence-electron chi connectivity index (χ2n) is 5.19. The first kappa shape index (κ1) is 16.7. The Morgan fingerprint density at radius 2 is 2.21 bits per heavy atom. The molecule has 1 N–H and O–H groups in total. The van der Waals surface area contributed by atoms with Gasteiger partial charge in [0.15, 0.2) is 4.96 Å². The van der Waals surface area contributed by atoms with Crippen LogP contribution in [-0.2, 0) is 17.0 Å². The van der Waals surface area contributed by atoms with Crippen LogP contribution in [0, 0.1) is 0 Å². The van der Waals surface area contributed by atoms with Crippen molar-refractivity contribution in [3.63, 3.8) is 0 Å². The van der Waals surface area contributed by atoms with Gasteiger partial charge in [0.05, 0.1) is 11.4 Å². The molecule has 7 heteroatoms. The van der Waals surface area contributed by atoms with Gasteiger partial charge in [0.2, 0.25) is 5.91 Å². The molecule has 0 radical (unpaired) electrons. The number of aryl methyl sites for hydroxylation is 1. The third-order valence-corrected chi connectivity index (χ3v) is 5.23. The van der Waals surface area contributed by atoms with Crippen molar-refractivity contribution in [1.29, 1.82) is 0 Å². The number of rotatable bonds is 6. The van der Waals surface area contributed by atoms with Crippen molar-refractivity contribution in [3.8, 4) is 0 Å². The number of carbonyl (C=O) groups is 1. The number of hydrogen-bond donors (Lipinski definition) is 1. The molecule has 3 rings (SSSR count). The molecule has 0 fully saturated rings. The summed E-state index contributed by atoms with van der Waals surface area (Å²) < 4.78 is 1.52. The Balaban J connectivity index is 1.57. The maximum absolute atomic E-state index is 12.1. The number of nitrogens with zero attached hydrogens (tertiary/aromatic N) is 2. The molecule has 0 spiro atoms. The molecular weight excluding hydrogens is 342 g/mol. The molecule has 3 aromatic rings. The predicted molar refractivity (Wildman–Crippen MR) is 100.0 cm³/mol. The van der Waals surface area contributed by atoms with Crippen molar-refractivity contribution in [1.82, 2.24) is 9.38 Å². The zero-order valence-electron chi connectivity index (χ0n) is 13.2. The summed E-state index contributed by atoms with van der Waals surface area (Å²) in [5, 5.41) is 4.77. The van der Waals surface area contributed by atoms with Crippen LogP contribution in [0.2, 0.25) is 0 Å². The Morgan fingerprint density at radius 3 is 3.04 bits per heavy atom. The number of para-hydroxylation sites is 1. The van der Waals surface area contributed by atoms with Gasteiger partial charge in [-0.2, -0.15) is 0 Å². The second kappa shape index (κ2) is 7.63. The average Bonchev–Trinajstić information content (AvgIpc) is 3.04. The van der Waals surface area contributed by atoms with Crippen molar-refractivity contribution in [2.24, 2.45) is 0 Å². The smallest absolute Gasteiger partial charge is 0.258 e. The molecule has 1 amide bonds. The molecule has 0 atom stereocenters. The van der Waals surface area contributed by atoms with Crippen LogP contribution in [0.15, 0.2) is 46.7 Å². The van der Waals surface area contributed by atoms with E-state index in [0.717, 1.165) is 17.7 Å². The lowest BCUT2D eigenvalue weighted by Gasteiger charge is -2.09. The van der Waals surface area contributed by atoms with E-state index < -0.39 is 0 Å². The lowest BCUT2D eigenvalue weighted by atomic mass is 10.1. The van der Waals surface area contributed by atoms with Crippen LogP contribution < -0.4 is 10.9 Å². The van der Waals surface area contributed by atoms with Gasteiger partial charge in [-0.05, 0) is 18.1 Å². The number of benzene rings is 1. The number of nitrogens with one attached hydrogen (secondary N) is 1. The van der Waals surface area contributed by atoms with Crippen molar-refractivity contribution in [2.75, 3.05) is 11.1 Å². The number of anilines is 1. The second-order valence-corrected chi connectivity index (χ2v) is 7.05. The number of amides is 1. The van der Waals surface area contributed by atoms with E-state index in [1.165, 1.54) is 33.6 Å². The summed E-state index contributed by atoms with van der Waals surface area (Å²) in [4.78, 5) is 29.1. The summed E-state index contributed by atoms with van der Waals surface area (Å²) in [5.41, 5.74) is 2.60. The molecule has 0 bridgehead atoms. The summed E-state index contributed by atoms with van der Waals surface area (Å²) >= 11 is 2.87. The van der Waals surface area contributed by atoms with Gasteiger partial charge in [-0.1, -0.05) is 25.1 Å². The quantitative estimate of drug-likeness (QED) is 0.734. The highest BCUT2D eigenvalue weighted by Gasteiger charge is 2.08. The molecule has 124 valence electrons. The maximum atomic E-state index is 12.1. The first-order valence-corrected chi connectivity index (χ1v) is 9.62. The fourth-order valence-corrected chi connectivity index (χ4v) is 3.80. The molecule has 0 aliphatic heterocycles. The molecule has 24 heavy (non-hydrogen) atoms. The number of hydrogen-bond acceptors (Lipinski definition) is 5. The van der Waals surface area contributed by atoms with Gasteiger partial charge in [-0.25, -0.2) is 4.98 Å². The minimum absolute atomic E-state index is 0.0465. The maximum Gasteiger partial charge on any atom is 0.258 e. The third-order valence-electron chi connectivity index (χ3n) is 3.51. The van der Waals surface area contributed by atoms with Crippen molar-refractivity contribution < 1.29 is 4.79 Å². The fourth-order valence-electron chi connectivity index (χ4n) is 2.35. The molecule has 2 heterocycles. The van der Waals surface area contributed by atoms with Gasteiger partial charge in [0, 0.05) is 29.1 Å². The Labute approximate surface area is 147 Å². The first-order chi connectivity index (χ1) is 11.7. The number of thiazole rings is 1. The minimum Gasteiger partial charge on any atom is -0.325 e. The monoisotopic (exact) mass is 359 g/mol. The summed E-state index contributed by atoms with van der Waals surface area (Å²) in [7, 11) is 0. The van der Waals surface area contributed by atoms with Crippen LogP contribution in [0.4, 0.5) is 5.69 Å². The van der Waals surface area contributed by atoms with Crippen molar-refractivity contribution in [3.05, 3.63) is 63.5 Å². The largest absolute Gasteiger partial charge is 0.325 e. The van der Waals surface area contributed by atoms with E-state index in [4.69, 9.17) is 0 Å². The molecule has 1 aromatic carbocycles. The van der Waals surface area contributed by atoms with Crippen molar-refractivity contribution in [2.45, 2.75) is 19.1 Å². The third kappa shape index (κ3) is 3.85. The predicted octanol–water partition coefficient (Wildman–Crippen LogP) is 3.19. The van der Waals surface area contributed by atoms with Gasteiger partial charge in [0.25, 0.3) is 5.56 Å². The van der Waals surface area contributed by atoms with E-state index in [1.807, 2.05) is 29.6 Å². The van der Waals surface area contributed by atoms with Gasteiger partial charge in [0.1, 0.15) is 0 Å². The van der Waals surface area contributed by atoms with Crippen LogP contribution in [0.25, 0.3) is 4.96 Å². The highest BCUT2D eigenvalue weighted by Crippen LogP contribution is 2.17. The normalized spacial score (nSPS) is 10.9. The first-order valence-electron chi connectivity index (χ1n) is 7.58. The Bertz CT molecular complexity index is 917.